The minimum Gasteiger partial charge on any atom is -0.481 e. The first-order valence-electron chi connectivity index (χ1n) is 4.27. The highest BCUT2D eigenvalue weighted by Gasteiger charge is 2.46. The second-order valence-corrected chi connectivity index (χ2v) is 3.37. The molecule has 2 atom stereocenters. The second-order valence-electron chi connectivity index (χ2n) is 3.37. The second kappa shape index (κ2) is 4.16. The molecule has 6 heteroatoms. The number of hydrogen-bond acceptors (Lipinski definition) is 2. The average molecular weight is 212 g/mol. The van der Waals surface area contributed by atoms with Crippen LogP contribution in [0.25, 0.3) is 0 Å². The lowest BCUT2D eigenvalue weighted by Gasteiger charge is -2.23. The number of carbonyl (C=O) groups is 1. The van der Waals surface area contributed by atoms with E-state index in [4.69, 9.17) is 9.84 Å². The van der Waals surface area contributed by atoms with Gasteiger partial charge in [0.15, 0.2) is 0 Å². The predicted octanol–water partition coefficient (Wildman–Crippen LogP) is 1.68. The van der Waals surface area contributed by atoms with Crippen molar-refractivity contribution in [2.24, 2.45) is 11.8 Å². The number of alkyl halides is 3. The van der Waals surface area contributed by atoms with Crippen LogP contribution in [-0.2, 0) is 9.53 Å². The summed E-state index contributed by atoms with van der Waals surface area (Å²) >= 11 is 0. The fourth-order valence-electron chi connectivity index (χ4n) is 1.61. The Kier molecular flexibility index (Phi) is 3.36. The Morgan fingerprint density at radius 2 is 2.21 bits per heavy atom. The maximum atomic E-state index is 12.4. The van der Waals surface area contributed by atoms with E-state index in [1.165, 1.54) is 0 Å². The number of carboxylic acid groups (broad SMARTS) is 1. The number of ether oxygens (including phenoxy) is 1. The van der Waals surface area contributed by atoms with Crippen LogP contribution < -0.4 is 0 Å². The van der Waals surface area contributed by atoms with E-state index in [1.807, 2.05) is 0 Å². The molecule has 3 nitrogen and oxygen atoms in total. The lowest BCUT2D eigenvalue weighted by Crippen LogP contribution is -2.32. The van der Waals surface area contributed by atoms with Crippen LogP contribution in [0.2, 0.25) is 0 Å². The molecule has 0 bridgehead atoms. The van der Waals surface area contributed by atoms with Crippen molar-refractivity contribution in [1.82, 2.24) is 0 Å². The zero-order chi connectivity index (χ0) is 10.8. The third-order valence-electron chi connectivity index (χ3n) is 2.35. The van der Waals surface area contributed by atoms with Gasteiger partial charge in [-0.1, -0.05) is 0 Å². The SMILES string of the molecule is O=C(O)CC(C1CCOC1)C(F)(F)F. The zero-order valence-corrected chi connectivity index (χ0v) is 7.38. The van der Waals surface area contributed by atoms with Gasteiger partial charge in [0, 0.05) is 6.61 Å². The number of rotatable bonds is 3. The van der Waals surface area contributed by atoms with Crippen LogP contribution in [0.5, 0.6) is 0 Å². The number of hydrogen-bond donors (Lipinski definition) is 1. The molecule has 2 unspecified atom stereocenters. The number of halogens is 3. The summed E-state index contributed by atoms with van der Waals surface area (Å²) < 4.78 is 42.1. The molecule has 0 radical (unpaired) electrons. The van der Waals surface area contributed by atoms with Crippen LogP contribution in [0.15, 0.2) is 0 Å². The Bertz CT molecular complexity index is 208. The van der Waals surface area contributed by atoms with Gasteiger partial charge in [-0.15, -0.1) is 0 Å². The van der Waals surface area contributed by atoms with Gasteiger partial charge in [0.25, 0.3) is 0 Å². The smallest absolute Gasteiger partial charge is 0.392 e. The maximum Gasteiger partial charge on any atom is 0.392 e. The molecule has 0 spiro atoms. The van der Waals surface area contributed by atoms with Crippen molar-refractivity contribution in [2.75, 3.05) is 13.2 Å². The van der Waals surface area contributed by atoms with Gasteiger partial charge in [0.1, 0.15) is 0 Å². The average Bonchev–Trinajstić information content (AvgIpc) is 2.49. The van der Waals surface area contributed by atoms with Gasteiger partial charge in [0.05, 0.1) is 18.9 Å². The van der Waals surface area contributed by atoms with Gasteiger partial charge < -0.3 is 9.84 Å². The van der Waals surface area contributed by atoms with E-state index in [1.54, 1.807) is 0 Å². The zero-order valence-electron chi connectivity index (χ0n) is 7.38. The largest absolute Gasteiger partial charge is 0.481 e. The standard InChI is InChI=1S/C8H11F3O3/c9-8(10,11)6(3-7(12)13)5-1-2-14-4-5/h5-6H,1-4H2,(H,12,13). The number of aliphatic carboxylic acids is 1. The van der Waals surface area contributed by atoms with E-state index >= 15 is 0 Å². The van der Waals surface area contributed by atoms with Crippen molar-refractivity contribution >= 4 is 5.97 Å². The van der Waals surface area contributed by atoms with Gasteiger partial charge >= 0.3 is 12.1 Å². The lowest BCUT2D eigenvalue weighted by atomic mass is 9.88. The molecule has 1 rings (SSSR count). The Labute approximate surface area is 78.9 Å². The third kappa shape index (κ3) is 2.87. The van der Waals surface area contributed by atoms with E-state index in [0.717, 1.165) is 0 Å². The molecular weight excluding hydrogens is 201 g/mol. The quantitative estimate of drug-likeness (QED) is 0.774. The predicted molar refractivity (Wildman–Crippen MR) is 40.7 cm³/mol. The van der Waals surface area contributed by atoms with Crippen molar-refractivity contribution in [3.05, 3.63) is 0 Å². The van der Waals surface area contributed by atoms with Gasteiger partial charge in [-0.3, -0.25) is 4.79 Å². The van der Waals surface area contributed by atoms with Gasteiger partial charge in [-0.05, 0) is 12.3 Å². The third-order valence-corrected chi connectivity index (χ3v) is 2.35. The molecule has 0 aromatic rings. The molecule has 0 saturated carbocycles. The fraction of sp³-hybridized carbons (Fsp3) is 0.875. The van der Waals surface area contributed by atoms with Gasteiger partial charge in [-0.2, -0.15) is 13.2 Å². The normalized spacial score (nSPS) is 24.9. The summed E-state index contributed by atoms with van der Waals surface area (Å²) in [6.45, 7) is 0.300. The topological polar surface area (TPSA) is 46.5 Å². The van der Waals surface area contributed by atoms with Crippen molar-refractivity contribution in [3.63, 3.8) is 0 Å². The maximum absolute atomic E-state index is 12.4. The van der Waals surface area contributed by atoms with Crippen molar-refractivity contribution in [3.8, 4) is 0 Å². The van der Waals surface area contributed by atoms with E-state index in [9.17, 15) is 18.0 Å². The Hall–Kier alpha value is -0.780. The molecule has 1 saturated heterocycles. The molecule has 1 N–H and O–H groups in total. The highest BCUT2D eigenvalue weighted by Crippen LogP contribution is 2.38. The minimum atomic E-state index is -4.45. The molecule has 14 heavy (non-hydrogen) atoms. The highest BCUT2D eigenvalue weighted by atomic mass is 19.4. The molecule has 0 aromatic carbocycles. The van der Waals surface area contributed by atoms with Crippen molar-refractivity contribution < 1.29 is 27.8 Å². The monoisotopic (exact) mass is 212 g/mol. The molecule has 1 heterocycles. The Balaban J connectivity index is 2.65. The van der Waals surface area contributed by atoms with E-state index in [0.29, 0.717) is 0 Å². The van der Waals surface area contributed by atoms with Crippen LogP contribution >= 0.6 is 0 Å². The first kappa shape index (κ1) is 11.3. The van der Waals surface area contributed by atoms with Gasteiger partial charge in [0.2, 0.25) is 0 Å². The molecule has 0 aromatic heterocycles. The summed E-state index contributed by atoms with van der Waals surface area (Å²) in [6, 6.07) is 0. The fourth-order valence-corrected chi connectivity index (χ4v) is 1.61. The molecule has 0 aliphatic carbocycles. The first-order chi connectivity index (χ1) is 6.41. The molecule has 1 aliphatic rings. The summed E-state index contributed by atoms with van der Waals surface area (Å²) in [5.41, 5.74) is 0. The number of carboxylic acids is 1. The molecule has 0 amide bonds. The summed E-state index contributed by atoms with van der Waals surface area (Å²) in [6.07, 6.45) is -5.02. The van der Waals surface area contributed by atoms with E-state index < -0.39 is 30.4 Å². The minimum absolute atomic E-state index is 0.0114. The Morgan fingerprint density at radius 3 is 2.57 bits per heavy atom. The molecule has 1 fully saturated rings. The van der Waals surface area contributed by atoms with E-state index in [2.05, 4.69) is 0 Å². The van der Waals surface area contributed by atoms with Gasteiger partial charge in [-0.25, -0.2) is 0 Å². The summed E-state index contributed by atoms with van der Waals surface area (Å²) in [4.78, 5) is 10.3. The van der Waals surface area contributed by atoms with Crippen LogP contribution in [0.1, 0.15) is 12.8 Å². The van der Waals surface area contributed by atoms with Crippen LogP contribution in [0.4, 0.5) is 13.2 Å². The summed E-state index contributed by atoms with van der Waals surface area (Å²) in [5, 5.41) is 8.37. The van der Waals surface area contributed by atoms with Crippen molar-refractivity contribution in [2.45, 2.75) is 19.0 Å². The van der Waals surface area contributed by atoms with E-state index in [-0.39, 0.29) is 19.6 Å². The highest BCUT2D eigenvalue weighted by molar-refractivity contribution is 5.67. The van der Waals surface area contributed by atoms with Crippen LogP contribution in [-0.4, -0.2) is 30.5 Å². The van der Waals surface area contributed by atoms with Crippen LogP contribution in [0, 0.1) is 11.8 Å². The molecule has 1 aliphatic heterocycles. The molecule has 82 valence electrons. The van der Waals surface area contributed by atoms with Crippen LogP contribution in [0.3, 0.4) is 0 Å². The Morgan fingerprint density at radius 1 is 1.57 bits per heavy atom. The first-order valence-corrected chi connectivity index (χ1v) is 4.27. The summed E-state index contributed by atoms with van der Waals surface area (Å²) in [7, 11) is 0. The lowest BCUT2D eigenvalue weighted by molar-refractivity contribution is -0.195. The van der Waals surface area contributed by atoms with Crippen molar-refractivity contribution in [1.29, 1.82) is 0 Å². The molecular formula is C8H11F3O3. The summed E-state index contributed by atoms with van der Waals surface area (Å²) in [5.74, 6) is -3.90.